The van der Waals surface area contributed by atoms with E-state index in [2.05, 4.69) is 0 Å². The van der Waals surface area contributed by atoms with Crippen LogP contribution in [0.4, 0.5) is 18.0 Å². The Labute approximate surface area is 142 Å². The van der Waals surface area contributed by atoms with Crippen LogP contribution < -0.4 is 0 Å². The zero-order valence-corrected chi connectivity index (χ0v) is 13.9. The number of hydrogen-bond acceptors (Lipinski definition) is 4. The number of nitrogens with zero attached hydrogens (tertiary/aromatic N) is 2. The molecule has 1 saturated heterocycles. The second-order valence-electron chi connectivity index (χ2n) is 5.76. The smallest absolute Gasteiger partial charge is 0.437 e. The molecule has 0 radical (unpaired) electrons. The van der Waals surface area contributed by atoms with Crippen LogP contribution in [-0.4, -0.2) is 59.5 Å². The van der Waals surface area contributed by atoms with Crippen LogP contribution in [0.3, 0.4) is 0 Å². The molecule has 25 heavy (non-hydrogen) atoms. The fraction of sp³-hybridized carbons (Fsp3) is 0.500. The van der Waals surface area contributed by atoms with Crippen molar-refractivity contribution in [1.29, 1.82) is 0 Å². The minimum Gasteiger partial charge on any atom is -0.466 e. The number of alkyl halides is 3. The first-order chi connectivity index (χ1) is 11.6. The van der Waals surface area contributed by atoms with Crippen LogP contribution in [-0.2, 0) is 9.53 Å². The molecule has 0 aliphatic carbocycles. The van der Waals surface area contributed by atoms with Crippen molar-refractivity contribution in [2.75, 3.05) is 20.7 Å². The number of hydrogen-bond donors (Lipinski definition) is 1. The number of benzene rings is 1. The maximum absolute atomic E-state index is 13.7. The fourth-order valence-electron chi connectivity index (χ4n) is 3.11. The molecule has 6 nitrogen and oxygen atoms in total. The molecule has 2 amide bonds. The topological polar surface area (TPSA) is 70.1 Å². The molecule has 138 valence electrons. The Kier molecular flexibility index (Phi) is 4.99. The van der Waals surface area contributed by atoms with Crippen molar-refractivity contribution < 1.29 is 32.6 Å². The Morgan fingerprint density at radius 3 is 2.32 bits per heavy atom. The molecule has 0 unspecified atom stereocenters. The largest absolute Gasteiger partial charge is 0.466 e. The van der Waals surface area contributed by atoms with Crippen LogP contribution in [0, 0.1) is 5.92 Å². The van der Waals surface area contributed by atoms with Gasteiger partial charge in [-0.05, 0) is 12.5 Å². The van der Waals surface area contributed by atoms with Gasteiger partial charge in [0.2, 0.25) is 0 Å². The van der Waals surface area contributed by atoms with Crippen molar-refractivity contribution in [1.82, 2.24) is 9.80 Å². The summed E-state index contributed by atoms with van der Waals surface area (Å²) in [4.78, 5) is 25.9. The molecular formula is C16H19F3N2O4. The SMILES string of the molecule is CCOC(=O)[C@@H]1[C@H](c2ccccc2)N(C)C(=O)N(C)[C@]1(O)C(F)(F)F. The lowest BCUT2D eigenvalue weighted by Crippen LogP contribution is -2.73. The van der Waals surface area contributed by atoms with Crippen molar-refractivity contribution >= 4 is 12.0 Å². The minimum absolute atomic E-state index is 0.133. The van der Waals surface area contributed by atoms with E-state index in [0.29, 0.717) is 0 Å². The number of rotatable bonds is 3. The molecule has 1 aromatic carbocycles. The maximum Gasteiger partial charge on any atom is 0.437 e. The van der Waals surface area contributed by atoms with Gasteiger partial charge in [-0.2, -0.15) is 13.2 Å². The van der Waals surface area contributed by atoms with Gasteiger partial charge in [0.05, 0.1) is 12.6 Å². The lowest BCUT2D eigenvalue weighted by Gasteiger charge is -2.52. The van der Waals surface area contributed by atoms with Gasteiger partial charge >= 0.3 is 18.2 Å². The average molecular weight is 360 g/mol. The summed E-state index contributed by atoms with van der Waals surface area (Å²) < 4.78 is 46.0. The van der Waals surface area contributed by atoms with E-state index in [4.69, 9.17) is 4.74 Å². The molecule has 1 heterocycles. The van der Waals surface area contributed by atoms with E-state index in [9.17, 15) is 27.9 Å². The van der Waals surface area contributed by atoms with E-state index in [-0.39, 0.29) is 17.1 Å². The molecule has 2 rings (SSSR count). The fourth-order valence-corrected chi connectivity index (χ4v) is 3.11. The molecular weight excluding hydrogens is 341 g/mol. The van der Waals surface area contributed by atoms with Crippen LogP contribution in [0.5, 0.6) is 0 Å². The van der Waals surface area contributed by atoms with Crippen LogP contribution in [0.1, 0.15) is 18.5 Å². The van der Waals surface area contributed by atoms with Gasteiger partial charge in [0.15, 0.2) is 0 Å². The van der Waals surface area contributed by atoms with Crippen molar-refractivity contribution in [2.45, 2.75) is 24.9 Å². The average Bonchev–Trinajstić information content (AvgIpc) is 2.55. The third kappa shape index (κ3) is 2.92. The molecule has 9 heteroatoms. The third-order valence-corrected chi connectivity index (χ3v) is 4.37. The Bertz CT molecular complexity index is 653. The quantitative estimate of drug-likeness (QED) is 0.839. The van der Waals surface area contributed by atoms with E-state index in [1.807, 2.05) is 0 Å². The summed E-state index contributed by atoms with van der Waals surface area (Å²) in [7, 11) is 2.08. The Balaban J connectivity index is 2.70. The van der Waals surface area contributed by atoms with Crippen molar-refractivity contribution in [2.24, 2.45) is 5.92 Å². The van der Waals surface area contributed by atoms with E-state index in [1.165, 1.54) is 26.1 Å². The molecule has 0 bridgehead atoms. The van der Waals surface area contributed by atoms with E-state index in [0.717, 1.165) is 11.9 Å². The zero-order valence-electron chi connectivity index (χ0n) is 13.9. The standard InChI is InChI=1S/C16H19F3N2O4/c1-4-25-13(22)11-12(10-8-6-5-7-9-10)20(2)14(23)21(3)15(11,24)16(17,18)19/h5-9,11-12,24H,4H2,1-3H3/t11-,12-,15+/m0/s1. The normalized spacial score (nSPS) is 27.4. The summed E-state index contributed by atoms with van der Waals surface area (Å²) in [6.45, 7) is 1.29. The Morgan fingerprint density at radius 1 is 1.28 bits per heavy atom. The lowest BCUT2D eigenvalue weighted by atomic mass is 9.80. The number of halogens is 3. The van der Waals surface area contributed by atoms with Gasteiger partial charge in [-0.15, -0.1) is 0 Å². The zero-order chi connectivity index (χ0) is 19.0. The number of ether oxygens (including phenoxy) is 1. The first-order valence-electron chi connectivity index (χ1n) is 7.58. The van der Waals surface area contributed by atoms with Gasteiger partial charge in [0.1, 0.15) is 5.92 Å². The van der Waals surface area contributed by atoms with Crippen LogP contribution >= 0.6 is 0 Å². The van der Waals surface area contributed by atoms with Crippen molar-refractivity contribution in [3.63, 3.8) is 0 Å². The van der Waals surface area contributed by atoms with E-state index in [1.54, 1.807) is 18.2 Å². The van der Waals surface area contributed by atoms with Crippen molar-refractivity contribution in [3.8, 4) is 0 Å². The monoisotopic (exact) mass is 360 g/mol. The summed E-state index contributed by atoms with van der Waals surface area (Å²) in [6.07, 6.45) is -5.26. The van der Waals surface area contributed by atoms with Crippen LogP contribution in [0.15, 0.2) is 30.3 Å². The van der Waals surface area contributed by atoms with E-state index >= 15 is 0 Å². The van der Waals surface area contributed by atoms with Gasteiger partial charge in [-0.3, -0.25) is 9.69 Å². The number of esters is 1. The molecule has 0 spiro atoms. The number of carbonyl (C=O) groups is 2. The van der Waals surface area contributed by atoms with E-state index < -0.39 is 35.9 Å². The molecule has 0 aromatic heterocycles. The first kappa shape index (κ1) is 19.0. The molecule has 1 aromatic rings. The predicted molar refractivity (Wildman–Crippen MR) is 81.2 cm³/mol. The third-order valence-electron chi connectivity index (χ3n) is 4.37. The molecule has 1 aliphatic rings. The second kappa shape index (κ2) is 6.55. The molecule has 3 atom stereocenters. The summed E-state index contributed by atoms with van der Waals surface area (Å²) in [5.74, 6) is -3.30. The Hall–Kier alpha value is -2.29. The highest BCUT2D eigenvalue weighted by atomic mass is 19.4. The Morgan fingerprint density at radius 2 is 1.84 bits per heavy atom. The summed E-state index contributed by atoms with van der Waals surface area (Å²) in [6, 6.07) is 5.37. The summed E-state index contributed by atoms with van der Waals surface area (Å²) in [5, 5.41) is 10.5. The van der Waals surface area contributed by atoms with Crippen molar-refractivity contribution in [3.05, 3.63) is 35.9 Å². The van der Waals surface area contributed by atoms with Gasteiger partial charge in [-0.1, -0.05) is 30.3 Å². The highest BCUT2D eigenvalue weighted by molar-refractivity contribution is 5.83. The summed E-state index contributed by atoms with van der Waals surface area (Å²) >= 11 is 0. The van der Waals surface area contributed by atoms with Gasteiger partial charge in [0, 0.05) is 14.1 Å². The summed E-state index contributed by atoms with van der Waals surface area (Å²) in [5.41, 5.74) is -3.41. The molecule has 1 N–H and O–H groups in total. The van der Waals surface area contributed by atoms with Crippen LogP contribution in [0.25, 0.3) is 0 Å². The number of amides is 2. The van der Waals surface area contributed by atoms with Gasteiger partial charge in [0.25, 0.3) is 5.72 Å². The van der Waals surface area contributed by atoms with Gasteiger partial charge < -0.3 is 14.7 Å². The maximum atomic E-state index is 13.7. The lowest BCUT2D eigenvalue weighted by molar-refractivity contribution is -0.334. The molecule has 1 fully saturated rings. The number of carbonyl (C=O) groups excluding carboxylic acids is 2. The first-order valence-corrected chi connectivity index (χ1v) is 7.58. The predicted octanol–water partition coefficient (Wildman–Crippen LogP) is 2.16. The molecule has 0 saturated carbocycles. The highest BCUT2D eigenvalue weighted by Crippen LogP contribution is 2.49. The minimum atomic E-state index is -5.26. The second-order valence-corrected chi connectivity index (χ2v) is 5.76. The molecule has 1 aliphatic heterocycles. The number of urea groups is 1. The van der Waals surface area contributed by atoms with Crippen LogP contribution in [0.2, 0.25) is 0 Å². The highest BCUT2D eigenvalue weighted by Gasteiger charge is 2.70. The van der Waals surface area contributed by atoms with Gasteiger partial charge in [-0.25, -0.2) is 4.79 Å². The number of aliphatic hydroxyl groups is 1.